The smallest absolute Gasteiger partial charge is 0.408 e. The number of sulfonamides is 1. The van der Waals surface area contributed by atoms with Gasteiger partial charge < -0.3 is 34.6 Å². The summed E-state index contributed by atoms with van der Waals surface area (Å²) < 4.78 is 61.0. The SMILES string of the molecule is C=C[C@@H]1C[C@]1(NC(=O)[C@@H]1C[C@@H]2CN1C(=O)[C@H](C(C)(C)C)NC(=O)O[C@@H]1C[C@H]1CCCCCc1c(nc3ccccc3c1OCCCN1CCCC(F)C1)O2)C(=O)NS(=O)(=O)C1(C)CC1. The second-order valence-corrected chi connectivity index (χ2v) is 22.5. The number of pyridine rings is 1. The minimum atomic E-state index is -4.03. The normalized spacial score (nSPS) is 30.8. The van der Waals surface area contributed by atoms with E-state index in [-0.39, 0.29) is 31.4 Å². The molecular weight excluding hydrogens is 844 g/mol. The molecule has 2 bridgehead atoms. The van der Waals surface area contributed by atoms with Crippen molar-refractivity contribution in [2.75, 3.05) is 32.8 Å². The molecule has 1 aromatic heterocycles. The zero-order valence-corrected chi connectivity index (χ0v) is 38.5. The summed E-state index contributed by atoms with van der Waals surface area (Å²) >= 11 is 0. The third kappa shape index (κ3) is 9.85. The van der Waals surface area contributed by atoms with Crippen molar-refractivity contribution in [2.45, 2.75) is 152 Å². The van der Waals surface area contributed by atoms with E-state index in [0.717, 1.165) is 56.0 Å². The average Bonchev–Trinajstić information content (AvgIpc) is 4.20. The molecule has 3 N–H and O–H groups in total. The Hall–Kier alpha value is -4.51. The average molecular weight is 909 g/mol. The molecule has 0 spiro atoms. The molecule has 3 saturated carbocycles. The van der Waals surface area contributed by atoms with Crippen molar-refractivity contribution in [3.05, 3.63) is 42.5 Å². The Bertz CT molecular complexity index is 2250. The molecule has 3 aliphatic heterocycles. The molecule has 15 nitrogen and oxygen atoms in total. The number of halogens is 1. The fraction of sp³-hybridized carbons (Fsp3) is 0.681. The van der Waals surface area contributed by atoms with Gasteiger partial charge in [-0.15, -0.1) is 6.58 Å². The van der Waals surface area contributed by atoms with E-state index < -0.39 is 79.8 Å². The molecule has 3 aliphatic carbocycles. The summed E-state index contributed by atoms with van der Waals surface area (Å²) in [7, 11) is -4.03. The number of aromatic nitrogens is 1. The largest absolute Gasteiger partial charge is 0.492 e. The number of ether oxygens (including phenoxy) is 3. The van der Waals surface area contributed by atoms with Crippen molar-refractivity contribution in [3.63, 3.8) is 0 Å². The van der Waals surface area contributed by atoms with E-state index in [2.05, 4.69) is 26.8 Å². The predicted octanol–water partition coefficient (Wildman–Crippen LogP) is 5.49. The van der Waals surface area contributed by atoms with Crippen molar-refractivity contribution in [1.82, 2.24) is 30.1 Å². The van der Waals surface area contributed by atoms with E-state index in [0.29, 0.717) is 68.9 Å². The molecule has 4 amide bonds. The first-order chi connectivity index (χ1) is 30.4. The van der Waals surface area contributed by atoms with Crippen LogP contribution in [0.25, 0.3) is 10.9 Å². The summed E-state index contributed by atoms with van der Waals surface area (Å²) in [5.41, 5.74) is -0.977. The summed E-state index contributed by atoms with van der Waals surface area (Å²) in [6.45, 7) is 13.2. The van der Waals surface area contributed by atoms with Gasteiger partial charge in [0.2, 0.25) is 27.7 Å². The fourth-order valence-electron chi connectivity index (χ4n) is 9.66. The maximum absolute atomic E-state index is 14.9. The van der Waals surface area contributed by atoms with Crippen molar-refractivity contribution in [3.8, 4) is 11.6 Å². The van der Waals surface area contributed by atoms with Crippen LogP contribution in [0, 0.1) is 17.3 Å². The summed E-state index contributed by atoms with van der Waals surface area (Å²) in [4.78, 5) is 65.3. The first-order valence-corrected chi connectivity index (χ1v) is 24.8. The standard InChI is InChI=1S/C47H65FN6O9S/c1-6-30-26-47(30,43(57)52-64(59,60)46(5)19-20-46)51-40(55)36-25-32-28-54(36)42(56)39(45(2,3)4)50-44(58)63-37-24-29(37)14-8-7-9-17-34-38(33-16-10-11-18-35(33)49-41(34)62-32)61-23-13-22-53-21-12-15-31(48)27-53/h6,10-11,16,18,29-32,36-37,39H,1,7-9,12-15,17,19-28H2,2-5H3,(H,50,58)(H,51,55)(H,52,57)/t29-,30-,31?,32-,36+,37-,39-,47-/m1/s1. The topological polar surface area (TPSA) is 186 Å². The van der Waals surface area contributed by atoms with Gasteiger partial charge in [-0.1, -0.05) is 51.8 Å². The molecule has 4 heterocycles. The van der Waals surface area contributed by atoms with Crippen LogP contribution in [0.4, 0.5) is 9.18 Å². The third-order valence-corrected chi connectivity index (χ3v) is 16.4. The number of benzene rings is 1. The number of para-hydroxylation sites is 1. The molecule has 2 aromatic rings. The molecule has 5 fully saturated rings. The van der Waals surface area contributed by atoms with E-state index in [1.165, 1.54) is 11.0 Å². The van der Waals surface area contributed by atoms with Gasteiger partial charge in [0.05, 0.1) is 29.0 Å². The second kappa shape index (κ2) is 18.0. The molecule has 1 aromatic carbocycles. The quantitative estimate of drug-likeness (QED) is 0.191. The molecule has 6 aliphatic rings. The van der Waals surface area contributed by atoms with Gasteiger partial charge in [-0.2, -0.15) is 0 Å². The third-order valence-electron chi connectivity index (χ3n) is 14.2. The number of hydrogen-bond acceptors (Lipinski definition) is 11. The lowest BCUT2D eigenvalue weighted by atomic mass is 9.85. The molecule has 2 saturated heterocycles. The van der Waals surface area contributed by atoms with Gasteiger partial charge in [0, 0.05) is 30.8 Å². The summed E-state index contributed by atoms with van der Waals surface area (Å²) in [5, 5.41) is 6.51. The van der Waals surface area contributed by atoms with Gasteiger partial charge in [-0.25, -0.2) is 22.6 Å². The first kappa shape index (κ1) is 46.0. The van der Waals surface area contributed by atoms with Crippen LogP contribution in [0.5, 0.6) is 11.6 Å². The van der Waals surface area contributed by atoms with Crippen LogP contribution in [0.15, 0.2) is 36.9 Å². The number of rotatable bonds is 11. The number of alkyl halides is 1. The lowest BCUT2D eigenvalue weighted by Crippen LogP contribution is -2.60. The zero-order chi connectivity index (χ0) is 45.6. The van der Waals surface area contributed by atoms with E-state index >= 15 is 0 Å². The highest BCUT2D eigenvalue weighted by Gasteiger charge is 2.63. The number of nitrogens with zero attached hydrogens (tertiary/aromatic N) is 3. The van der Waals surface area contributed by atoms with Crippen LogP contribution in [-0.4, -0.2) is 121 Å². The number of carbonyl (C=O) groups is 4. The fourth-order valence-corrected chi connectivity index (χ4v) is 11.0. The Morgan fingerprint density at radius 1 is 1.08 bits per heavy atom. The van der Waals surface area contributed by atoms with E-state index in [1.54, 1.807) is 6.92 Å². The summed E-state index contributed by atoms with van der Waals surface area (Å²) in [5.74, 6) is -1.38. The minimum absolute atomic E-state index is 0.00496. The van der Waals surface area contributed by atoms with Crippen LogP contribution in [0.3, 0.4) is 0 Å². The van der Waals surface area contributed by atoms with Crippen LogP contribution < -0.4 is 24.8 Å². The number of fused-ring (bicyclic) bond motifs is 5. The predicted molar refractivity (Wildman–Crippen MR) is 238 cm³/mol. The summed E-state index contributed by atoms with van der Waals surface area (Å²) in [6, 6.07) is 5.40. The van der Waals surface area contributed by atoms with E-state index in [4.69, 9.17) is 19.2 Å². The zero-order valence-electron chi connectivity index (χ0n) is 37.7. The Morgan fingerprint density at radius 2 is 1.86 bits per heavy atom. The maximum atomic E-state index is 14.9. The van der Waals surface area contributed by atoms with Crippen molar-refractivity contribution in [1.29, 1.82) is 0 Å². The number of carbonyl (C=O) groups excluding carboxylic acids is 4. The Kier molecular flexibility index (Phi) is 13.0. The van der Waals surface area contributed by atoms with Gasteiger partial charge >= 0.3 is 6.09 Å². The van der Waals surface area contributed by atoms with Gasteiger partial charge in [0.15, 0.2) is 0 Å². The number of amides is 4. The number of piperidine rings is 1. The number of hydrogen-bond donors (Lipinski definition) is 3. The lowest BCUT2D eigenvalue weighted by molar-refractivity contribution is -0.142. The monoisotopic (exact) mass is 908 g/mol. The molecule has 1 unspecified atom stereocenters. The molecular formula is C47H65FN6O9S. The number of alkyl carbamates (subject to hydrolysis) is 1. The highest BCUT2D eigenvalue weighted by atomic mass is 32.2. The molecule has 0 radical (unpaired) electrons. The number of nitrogens with one attached hydrogen (secondary N) is 3. The van der Waals surface area contributed by atoms with Gasteiger partial charge in [0.1, 0.15) is 41.8 Å². The van der Waals surface area contributed by atoms with Gasteiger partial charge in [0.25, 0.3) is 5.91 Å². The summed E-state index contributed by atoms with van der Waals surface area (Å²) in [6.07, 6.45) is 6.94. The molecule has 350 valence electrons. The maximum Gasteiger partial charge on any atom is 0.408 e. The van der Waals surface area contributed by atoms with Crippen molar-refractivity contribution < 1.29 is 46.2 Å². The lowest BCUT2D eigenvalue weighted by Gasteiger charge is -2.35. The van der Waals surface area contributed by atoms with Crippen LogP contribution in [-0.2, 0) is 35.6 Å². The van der Waals surface area contributed by atoms with E-state index in [1.807, 2.05) is 45.0 Å². The first-order valence-electron chi connectivity index (χ1n) is 23.3. The Morgan fingerprint density at radius 3 is 2.58 bits per heavy atom. The van der Waals surface area contributed by atoms with Gasteiger partial charge in [-0.3, -0.25) is 19.1 Å². The number of likely N-dealkylation sites (tertiary alicyclic amines) is 1. The molecule has 17 heteroatoms. The molecule has 64 heavy (non-hydrogen) atoms. The molecule has 8 rings (SSSR count). The van der Waals surface area contributed by atoms with Gasteiger partial charge in [-0.05, 0) is 101 Å². The Balaban J connectivity index is 1.11. The Labute approximate surface area is 376 Å². The highest BCUT2D eigenvalue weighted by molar-refractivity contribution is 7.91. The van der Waals surface area contributed by atoms with Crippen molar-refractivity contribution in [2.24, 2.45) is 17.3 Å². The van der Waals surface area contributed by atoms with Crippen LogP contribution in [0.2, 0.25) is 0 Å². The highest BCUT2D eigenvalue weighted by Crippen LogP contribution is 2.47. The minimum Gasteiger partial charge on any atom is -0.492 e. The van der Waals surface area contributed by atoms with E-state index in [9.17, 15) is 32.0 Å². The van der Waals surface area contributed by atoms with Crippen LogP contribution >= 0.6 is 0 Å². The van der Waals surface area contributed by atoms with Crippen molar-refractivity contribution >= 4 is 44.7 Å². The second-order valence-electron chi connectivity index (χ2n) is 20.3. The molecule has 8 atom stereocenters. The van der Waals surface area contributed by atoms with Crippen LogP contribution in [0.1, 0.15) is 110 Å².